The minimum absolute atomic E-state index is 0.0735. The van der Waals surface area contributed by atoms with E-state index in [0.717, 1.165) is 5.56 Å². The predicted octanol–water partition coefficient (Wildman–Crippen LogP) is 2.94. The van der Waals surface area contributed by atoms with Crippen LogP contribution in [-0.2, 0) is 0 Å². The van der Waals surface area contributed by atoms with Crippen LogP contribution in [0.2, 0.25) is 0 Å². The molecule has 0 aliphatic heterocycles. The second kappa shape index (κ2) is 4.52. The second-order valence-electron chi connectivity index (χ2n) is 3.42. The molecule has 2 N–H and O–H groups in total. The van der Waals surface area contributed by atoms with Crippen molar-refractivity contribution < 1.29 is 9.34 Å². The number of nitrogen functional groups attached to an aromatic ring is 1. The fourth-order valence-corrected chi connectivity index (χ4v) is 1.34. The lowest BCUT2D eigenvalue weighted by atomic mass is 10.2. The number of nitrogens with two attached hydrogens (primary N) is 1. The van der Waals surface area contributed by atoms with Gasteiger partial charge in [0.25, 0.3) is 5.69 Å². The molecule has 0 spiro atoms. The molecular weight excluding hydrogens is 220 g/mol. The van der Waals surface area contributed by atoms with E-state index in [1.165, 1.54) is 12.1 Å². The Labute approximate surface area is 97.3 Å². The lowest BCUT2D eigenvalue weighted by Gasteiger charge is -1.93. The first-order valence-electron chi connectivity index (χ1n) is 4.93. The Morgan fingerprint density at radius 2 is 1.82 bits per heavy atom. The summed E-state index contributed by atoms with van der Waals surface area (Å²) in [5.74, 6) is 0.995. The van der Waals surface area contributed by atoms with Crippen molar-refractivity contribution in [3.05, 3.63) is 57.8 Å². The number of rotatable bonds is 3. The summed E-state index contributed by atoms with van der Waals surface area (Å²) in [6.45, 7) is 0. The maximum atomic E-state index is 10.5. The molecule has 0 radical (unpaired) electrons. The second-order valence-corrected chi connectivity index (χ2v) is 3.42. The van der Waals surface area contributed by atoms with E-state index in [1.54, 1.807) is 36.4 Å². The third-order valence-corrected chi connectivity index (χ3v) is 2.19. The standard InChI is InChI=1S/C12H10N2O3/c13-12-8-7-11(17-12)6-3-9-1-4-10(5-2-9)14(15)16/h1-8H,13H2/b6-3+. The molecular formula is C12H10N2O3. The van der Waals surface area contributed by atoms with Crippen LogP contribution in [0.15, 0.2) is 40.8 Å². The zero-order chi connectivity index (χ0) is 12.3. The third-order valence-electron chi connectivity index (χ3n) is 2.19. The highest BCUT2D eigenvalue weighted by atomic mass is 16.6. The lowest BCUT2D eigenvalue weighted by Crippen LogP contribution is -1.86. The van der Waals surface area contributed by atoms with Crippen molar-refractivity contribution in [1.82, 2.24) is 0 Å². The van der Waals surface area contributed by atoms with Crippen LogP contribution in [-0.4, -0.2) is 4.92 Å². The van der Waals surface area contributed by atoms with Crippen LogP contribution in [0.1, 0.15) is 11.3 Å². The van der Waals surface area contributed by atoms with Gasteiger partial charge in [0.2, 0.25) is 0 Å². The van der Waals surface area contributed by atoms with Crippen molar-refractivity contribution >= 4 is 23.7 Å². The predicted molar refractivity (Wildman–Crippen MR) is 65.1 cm³/mol. The van der Waals surface area contributed by atoms with Crippen molar-refractivity contribution in [2.75, 3.05) is 5.73 Å². The van der Waals surface area contributed by atoms with E-state index in [2.05, 4.69) is 0 Å². The van der Waals surface area contributed by atoms with Gasteiger partial charge in [-0.05, 0) is 29.8 Å². The Morgan fingerprint density at radius 1 is 1.12 bits per heavy atom. The summed E-state index contributed by atoms with van der Waals surface area (Å²) in [7, 11) is 0. The Morgan fingerprint density at radius 3 is 2.35 bits per heavy atom. The largest absolute Gasteiger partial charge is 0.442 e. The Hall–Kier alpha value is -2.56. The van der Waals surface area contributed by atoms with E-state index in [1.807, 2.05) is 0 Å². The molecule has 0 aliphatic carbocycles. The molecule has 17 heavy (non-hydrogen) atoms. The molecule has 0 saturated heterocycles. The molecule has 2 aromatic rings. The molecule has 0 unspecified atom stereocenters. The molecule has 1 aromatic carbocycles. The van der Waals surface area contributed by atoms with Gasteiger partial charge in [-0.3, -0.25) is 10.1 Å². The van der Waals surface area contributed by atoms with Gasteiger partial charge in [0, 0.05) is 18.2 Å². The van der Waals surface area contributed by atoms with E-state index in [9.17, 15) is 10.1 Å². The van der Waals surface area contributed by atoms with E-state index in [-0.39, 0.29) is 5.69 Å². The molecule has 1 aromatic heterocycles. The van der Waals surface area contributed by atoms with E-state index in [4.69, 9.17) is 10.2 Å². The average Bonchev–Trinajstić information content (AvgIpc) is 2.73. The van der Waals surface area contributed by atoms with E-state index < -0.39 is 4.92 Å². The van der Waals surface area contributed by atoms with Crippen LogP contribution >= 0.6 is 0 Å². The highest BCUT2D eigenvalue weighted by molar-refractivity contribution is 5.68. The highest BCUT2D eigenvalue weighted by Crippen LogP contribution is 2.16. The molecule has 1 heterocycles. The number of benzene rings is 1. The van der Waals surface area contributed by atoms with Gasteiger partial charge in [-0.1, -0.05) is 6.08 Å². The summed E-state index contributed by atoms with van der Waals surface area (Å²) in [6.07, 6.45) is 3.54. The SMILES string of the molecule is Nc1ccc(/C=C/c2ccc([N+](=O)[O-])cc2)o1. The monoisotopic (exact) mass is 230 g/mol. The Bertz CT molecular complexity index is 555. The average molecular weight is 230 g/mol. The van der Waals surface area contributed by atoms with Gasteiger partial charge in [0.05, 0.1) is 4.92 Å². The fraction of sp³-hybridized carbons (Fsp3) is 0. The number of anilines is 1. The van der Waals surface area contributed by atoms with Gasteiger partial charge >= 0.3 is 0 Å². The zero-order valence-electron chi connectivity index (χ0n) is 8.87. The topological polar surface area (TPSA) is 82.3 Å². The van der Waals surface area contributed by atoms with Crippen molar-refractivity contribution in [2.24, 2.45) is 0 Å². The summed E-state index contributed by atoms with van der Waals surface area (Å²) >= 11 is 0. The molecule has 5 nitrogen and oxygen atoms in total. The molecule has 0 amide bonds. The van der Waals surface area contributed by atoms with Gasteiger partial charge in [-0.15, -0.1) is 0 Å². The maximum Gasteiger partial charge on any atom is 0.269 e. The lowest BCUT2D eigenvalue weighted by molar-refractivity contribution is -0.384. The number of furan rings is 1. The van der Waals surface area contributed by atoms with Gasteiger partial charge in [0.15, 0.2) is 5.88 Å². The first-order valence-corrected chi connectivity index (χ1v) is 4.93. The van der Waals surface area contributed by atoms with Crippen LogP contribution in [0.5, 0.6) is 0 Å². The van der Waals surface area contributed by atoms with Gasteiger partial charge in [-0.2, -0.15) is 0 Å². The maximum absolute atomic E-state index is 10.5. The number of hydrogen-bond donors (Lipinski definition) is 1. The molecule has 86 valence electrons. The smallest absolute Gasteiger partial charge is 0.269 e. The van der Waals surface area contributed by atoms with Gasteiger partial charge in [-0.25, -0.2) is 0 Å². The fourth-order valence-electron chi connectivity index (χ4n) is 1.34. The van der Waals surface area contributed by atoms with Crippen molar-refractivity contribution in [1.29, 1.82) is 0 Å². The molecule has 2 rings (SSSR count). The Kier molecular flexibility index (Phi) is 2.91. The minimum atomic E-state index is -0.430. The Balaban J connectivity index is 2.13. The molecule has 0 fully saturated rings. The summed E-state index contributed by atoms with van der Waals surface area (Å²) in [4.78, 5) is 10.0. The number of nitro groups is 1. The normalized spacial score (nSPS) is 10.8. The zero-order valence-corrected chi connectivity index (χ0v) is 8.87. The number of nitrogens with zero attached hydrogens (tertiary/aromatic N) is 1. The van der Waals surface area contributed by atoms with Crippen molar-refractivity contribution in [2.45, 2.75) is 0 Å². The first-order chi connectivity index (χ1) is 8.15. The van der Waals surface area contributed by atoms with Crippen molar-refractivity contribution in [3.63, 3.8) is 0 Å². The van der Waals surface area contributed by atoms with Gasteiger partial charge in [0.1, 0.15) is 5.76 Å². The van der Waals surface area contributed by atoms with Crippen molar-refractivity contribution in [3.8, 4) is 0 Å². The number of nitro benzene ring substituents is 1. The third kappa shape index (κ3) is 2.72. The molecule has 0 atom stereocenters. The minimum Gasteiger partial charge on any atom is -0.442 e. The van der Waals surface area contributed by atoms with Crippen LogP contribution < -0.4 is 5.73 Å². The summed E-state index contributed by atoms with van der Waals surface area (Å²) < 4.78 is 5.15. The summed E-state index contributed by atoms with van der Waals surface area (Å²) in [5, 5.41) is 10.5. The van der Waals surface area contributed by atoms with Crippen LogP contribution in [0.25, 0.3) is 12.2 Å². The van der Waals surface area contributed by atoms with E-state index >= 15 is 0 Å². The summed E-state index contributed by atoms with van der Waals surface area (Å²) in [5.41, 5.74) is 6.35. The van der Waals surface area contributed by atoms with Crippen LogP contribution in [0, 0.1) is 10.1 Å². The summed E-state index contributed by atoms with van der Waals surface area (Å²) in [6, 6.07) is 9.65. The van der Waals surface area contributed by atoms with Crippen LogP contribution in [0.4, 0.5) is 11.6 Å². The van der Waals surface area contributed by atoms with Gasteiger partial charge < -0.3 is 10.2 Å². The first kappa shape index (κ1) is 10.9. The molecule has 5 heteroatoms. The molecule has 0 aliphatic rings. The van der Waals surface area contributed by atoms with E-state index in [0.29, 0.717) is 11.6 Å². The molecule has 0 bridgehead atoms. The highest BCUT2D eigenvalue weighted by Gasteiger charge is 2.02. The quantitative estimate of drug-likeness (QED) is 0.649. The number of non-ortho nitro benzene ring substituents is 1. The van der Waals surface area contributed by atoms with Crippen LogP contribution in [0.3, 0.4) is 0 Å². The molecule has 0 saturated carbocycles. The number of hydrogen-bond acceptors (Lipinski definition) is 4.